The van der Waals surface area contributed by atoms with Gasteiger partial charge in [0.1, 0.15) is 5.82 Å². The Kier molecular flexibility index (Phi) is 2.42. The Balaban J connectivity index is 2.30. The predicted octanol–water partition coefficient (Wildman–Crippen LogP) is 1.41. The van der Waals surface area contributed by atoms with Crippen LogP contribution in [0.15, 0.2) is 36.5 Å². The second kappa shape index (κ2) is 4.08. The van der Waals surface area contributed by atoms with Gasteiger partial charge in [-0.05, 0) is 19.1 Å². The molecule has 3 N–H and O–H groups in total. The molecule has 0 atom stereocenters. The van der Waals surface area contributed by atoms with Crippen LogP contribution in [0.5, 0.6) is 0 Å². The number of rotatable bonds is 2. The fourth-order valence-corrected chi connectivity index (χ4v) is 1.89. The first-order chi connectivity index (χ1) is 8.79. The number of hydrazine groups is 1. The van der Waals surface area contributed by atoms with Gasteiger partial charge in [-0.15, -0.1) is 0 Å². The molecule has 0 aliphatic heterocycles. The summed E-state index contributed by atoms with van der Waals surface area (Å²) in [6.45, 7) is 1.82. The topological polar surface area (TPSA) is 81.6 Å². The summed E-state index contributed by atoms with van der Waals surface area (Å²) in [7, 11) is 0. The highest BCUT2D eigenvalue weighted by molar-refractivity contribution is 5.87. The van der Waals surface area contributed by atoms with Crippen LogP contribution in [0.1, 0.15) is 5.82 Å². The summed E-state index contributed by atoms with van der Waals surface area (Å²) in [4.78, 5) is 8.64. The normalized spacial score (nSPS) is 10.8. The number of aryl methyl sites for hydroxylation is 1. The molecule has 2 heterocycles. The quantitative estimate of drug-likeness (QED) is 0.523. The molecule has 6 heteroatoms. The van der Waals surface area contributed by atoms with Crippen LogP contribution in [0.4, 0.5) is 5.82 Å². The maximum Gasteiger partial charge on any atom is 0.168 e. The van der Waals surface area contributed by atoms with Crippen molar-refractivity contribution >= 4 is 16.9 Å². The Bertz CT molecular complexity index is 688. The summed E-state index contributed by atoms with van der Waals surface area (Å²) in [5.41, 5.74) is 4.26. The summed E-state index contributed by atoms with van der Waals surface area (Å²) >= 11 is 0. The minimum Gasteiger partial charge on any atom is -0.308 e. The van der Waals surface area contributed by atoms with Crippen molar-refractivity contribution in [2.45, 2.75) is 6.92 Å². The summed E-state index contributed by atoms with van der Waals surface area (Å²) in [6.07, 6.45) is 1.71. The molecule has 18 heavy (non-hydrogen) atoms. The lowest BCUT2D eigenvalue weighted by atomic mass is 10.3. The van der Waals surface area contributed by atoms with Crippen molar-refractivity contribution in [3.8, 4) is 5.69 Å². The van der Waals surface area contributed by atoms with Gasteiger partial charge >= 0.3 is 0 Å². The van der Waals surface area contributed by atoms with E-state index in [4.69, 9.17) is 5.84 Å². The van der Waals surface area contributed by atoms with Crippen molar-refractivity contribution in [1.82, 2.24) is 19.7 Å². The summed E-state index contributed by atoms with van der Waals surface area (Å²) in [6, 6.07) is 9.82. The predicted molar refractivity (Wildman–Crippen MR) is 69.2 cm³/mol. The lowest BCUT2D eigenvalue weighted by Crippen LogP contribution is -2.10. The smallest absolute Gasteiger partial charge is 0.168 e. The molecule has 3 aromatic rings. The van der Waals surface area contributed by atoms with Gasteiger partial charge in [-0.3, -0.25) is 0 Å². The van der Waals surface area contributed by atoms with Crippen molar-refractivity contribution in [3.05, 3.63) is 42.4 Å². The molecule has 0 radical (unpaired) electrons. The largest absolute Gasteiger partial charge is 0.308 e. The number of hydrogen-bond acceptors (Lipinski definition) is 5. The number of hydrogen-bond donors (Lipinski definition) is 2. The molecule has 0 unspecified atom stereocenters. The van der Waals surface area contributed by atoms with E-state index >= 15 is 0 Å². The van der Waals surface area contributed by atoms with Gasteiger partial charge in [0, 0.05) is 0 Å². The second-order valence-corrected chi connectivity index (χ2v) is 3.89. The maximum atomic E-state index is 5.46. The average Bonchev–Trinajstić information content (AvgIpc) is 2.82. The van der Waals surface area contributed by atoms with E-state index in [0.717, 1.165) is 16.7 Å². The van der Waals surface area contributed by atoms with Gasteiger partial charge in [0.25, 0.3) is 0 Å². The summed E-state index contributed by atoms with van der Waals surface area (Å²) in [5, 5.41) is 5.13. The van der Waals surface area contributed by atoms with Crippen molar-refractivity contribution in [2.75, 3.05) is 5.43 Å². The average molecular weight is 240 g/mol. The van der Waals surface area contributed by atoms with E-state index in [1.54, 1.807) is 10.9 Å². The van der Waals surface area contributed by atoms with Gasteiger partial charge in [-0.25, -0.2) is 20.5 Å². The van der Waals surface area contributed by atoms with E-state index in [2.05, 4.69) is 20.5 Å². The zero-order valence-electron chi connectivity index (χ0n) is 9.83. The first-order valence-electron chi connectivity index (χ1n) is 5.54. The van der Waals surface area contributed by atoms with Gasteiger partial charge in [0.15, 0.2) is 11.5 Å². The molecule has 6 nitrogen and oxygen atoms in total. The van der Waals surface area contributed by atoms with Crippen molar-refractivity contribution in [3.63, 3.8) is 0 Å². The lowest BCUT2D eigenvalue weighted by molar-refractivity contribution is 0.889. The lowest BCUT2D eigenvalue weighted by Gasteiger charge is -2.05. The van der Waals surface area contributed by atoms with Gasteiger partial charge in [-0.2, -0.15) is 5.10 Å². The number of nitrogens with two attached hydrogens (primary N) is 1. The number of benzene rings is 1. The molecule has 0 amide bonds. The molecule has 0 spiro atoms. The van der Waals surface area contributed by atoms with Gasteiger partial charge < -0.3 is 5.43 Å². The SMILES string of the molecule is Cc1nc(NN)c2cnn(-c3ccccc3)c2n1. The standard InChI is InChI=1S/C12H12N6/c1-8-15-11(17-13)10-7-14-18(12(10)16-8)9-5-3-2-4-6-9/h2-7H,13H2,1H3,(H,15,16,17). The van der Waals surface area contributed by atoms with E-state index in [1.165, 1.54) is 0 Å². The molecular weight excluding hydrogens is 228 g/mol. The highest BCUT2D eigenvalue weighted by Gasteiger charge is 2.11. The van der Waals surface area contributed by atoms with Gasteiger partial charge in [-0.1, -0.05) is 18.2 Å². The maximum absolute atomic E-state index is 5.46. The van der Waals surface area contributed by atoms with Crippen LogP contribution in [0, 0.1) is 6.92 Å². The minimum absolute atomic E-state index is 0.583. The number of para-hydroxylation sites is 1. The molecule has 90 valence electrons. The molecule has 3 rings (SSSR count). The van der Waals surface area contributed by atoms with Gasteiger partial charge in [0.05, 0.1) is 17.3 Å². The van der Waals surface area contributed by atoms with E-state index in [9.17, 15) is 0 Å². The number of nitrogens with one attached hydrogen (secondary N) is 1. The van der Waals surface area contributed by atoms with Crippen molar-refractivity contribution < 1.29 is 0 Å². The Hall–Kier alpha value is -2.47. The van der Waals surface area contributed by atoms with E-state index in [0.29, 0.717) is 11.6 Å². The molecule has 0 saturated carbocycles. The summed E-state index contributed by atoms with van der Waals surface area (Å²) < 4.78 is 1.77. The highest BCUT2D eigenvalue weighted by atomic mass is 15.3. The van der Waals surface area contributed by atoms with Crippen molar-refractivity contribution in [2.24, 2.45) is 5.84 Å². The third-order valence-electron chi connectivity index (χ3n) is 2.68. The van der Waals surface area contributed by atoms with Crippen molar-refractivity contribution in [1.29, 1.82) is 0 Å². The molecule has 0 bridgehead atoms. The minimum atomic E-state index is 0.583. The first kappa shape index (κ1) is 10.7. The molecule has 0 aliphatic carbocycles. The number of aromatic nitrogens is 4. The van der Waals surface area contributed by atoms with Crippen LogP contribution >= 0.6 is 0 Å². The number of nitrogens with zero attached hydrogens (tertiary/aromatic N) is 4. The zero-order valence-corrected chi connectivity index (χ0v) is 9.83. The van der Waals surface area contributed by atoms with Gasteiger partial charge in [0.2, 0.25) is 0 Å². The molecular formula is C12H12N6. The second-order valence-electron chi connectivity index (χ2n) is 3.89. The highest BCUT2D eigenvalue weighted by Crippen LogP contribution is 2.21. The Labute approximate surface area is 103 Å². The first-order valence-corrected chi connectivity index (χ1v) is 5.54. The van der Waals surface area contributed by atoms with E-state index in [1.807, 2.05) is 37.3 Å². The third kappa shape index (κ3) is 1.59. The number of anilines is 1. The fourth-order valence-electron chi connectivity index (χ4n) is 1.89. The Morgan fingerprint density at radius 1 is 1.17 bits per heavy atom. The van der Waals surface area contributed by atoms with Crippen LogP contribution < -0.4 is 11.3 Å². The van der Waals surface area contributed by atoms with Crippen LogP contribution in [-0.2, 0) is 0 Å². The van der Waals surface area contributed by atoms with E-state index < -0.39 is 0 Å². The Morgan fingerprint density at radius 2 is 1.94 bits per heavy atom. The van der Waals surface area contributed by atoms with Crippen LogP contribution in [0.2, 0.25) is 0 Å². The summed E-state index contributed by atoms with van der Waals surface area (Å²) in [5.74, 6) is 6.68. The molecule has 0 aliphatic rings. The number of fused-ring (bicyclic) bond motifs is 1. The van der Waals surface area contributed by atoms with Crippen LogP contribution in [0.25, 0.3) is 16.7 Å². The third-order valence-corrected chi connectivity index (χ3v) is 2.68. The van der Waals surface area contributed by atoms with E-state index in [-0.39, 0.29) is 0 Å². The number of nitrogen functional groups attached to an aromatic ring is 1. The fraction of sp³-hybridized carbons (Fsp3) is 0.0833. The molecule has 0 saturated heterocycles. The molecule has 0 fully saturated rings. The Morgan fingerprint density at radius 3 is 2.67 bits per heavy atom. The molecule has 1 aromatic carbocycles. The van der Waals surface area contributed by atoms with Crippen LogP contribution in [-0.4, -0.2) is 19.7 Å². The molecule has 2 aromatic heterocycles. The monoisotopic (exact) mass is 240 g/mol. The van der Waals surface area contributed by atoms with Crippen LogP contribution in [0.3, 0.4) is 0 Å². The zero-order chi connectivity index (χ0) is 12.5.